The molecular weight excluding hydrogens is 394 g/mol. The van der Waals surface area contributed by atoms with E-state index in [0.717, 1.165) is 42.8 Å². The van der Waals surface area contributed by atoms with Gasteiger partial charge in [-0.15, -0.1) is 11.3 Å². The van der Waals surface area contributed by atoms with Crippen LogP contribution in [0.25, 0.3) is 22.4 Å². The van der Waals surface area contributed by atoms with Crippen LogP contribution in [0.15, 0.2) is 48.0 Å². The van der Waals surface area contributed by atoms with Crippen molar-refractivity contribution in [3.8, 4) is 11.4 Å². The number of aryl methyl sites for hydroxylation is 1. The Hall–Kier alpha value is -3.19. The van der Waals surface area contributed by atoms with E-state index in [1.54, 1.807) is 12.3 Å². The predicted octanol–water partition coefficient (Wildman–Crippen LogP) is 5.10. The number of hydrogen-bond acceptors (Lipinski definition) is 5. The number of aromatic nitrogens is 3. The van der Waals surface area contributed by atoms with Crippen LogP contribution in [-0.4, -0.2) is 33.9 Å². The molecule has 0 unspecified atom stereocenters. The number of carbonyl (C=O) groups excluding carboxylic acids is 1. The molecule has 3 heterocycles. The molecule has 1 aliphatic heterocycles. The highest BCUT2D eigenvalue weighted by atomic mass is 32.1. The van der Waals surface area contributed by atoms with Gasteiger partial charge in [0.15, 0.2) is 5.13 Å². The molecule has 2 N–H and O–H groups in total. The minimum Gasteiger partial charge on any atom is -0.371 e. The van der Waals surface area contributed by atoms with Crippen molar-refractivity contribution >= 4 is 39.1 Å². The second-order valence-corrected chi connectivity index (χ2v) is 8.41. The Bertz CT molecular complexity index is 1200. The van der Waals surface area contributed by atoms with E-state index in [4.69, 9.17) is 4.98 Å². The number of nitrogens with one attached hydrogen (secondary N) is 2. The molecule has 6 nitrogen and oxygen atoms in total. The number of nitrogens with zero attached hydrogens (tertiary/aromatic N) is 3. The molecule has 0 spiro atoms. The molecule has 1 amide bonds. The summed E-state index contributed by atoms with van der Waals surface area (Å²) in [6.45, 7) is 4.39. The van der Waals surface area contributed by atoms with Crippen molar-refractivity contribution in [2.45, 2.75) is 26.2 Å². The molecule has 0 saturated carbocycles. The summed E-state index contributed by atoms with van der Waals surface area (Å²) in [6, 6.07) is 12.2. The van der Waals surface area contributed by atoms with Crippen LogP contribution >= 0.6 is 11.3 Å². The standard InChI is InChI=1S/C23H23N5OS/c1-2-11-28-12-4-5-15-8-9-16(14-19(15)28)21-25-18-7-3-6-17(20(18)26-21)22(29)27-23-24-10-13-30-23/h3,6-10,13-14H,2,4-5,11-12H2,1H3,(H,25,26)(H,24,27,29). The number of carbonyl (C=O) groups is 1. The summed E-state index contributed by atoms with van der Waals surface area (Å²) in [5.41, 5.74) is 5.81. The van der Waals surface area contributed by atoms with Crippen molar-refractivity contribution in [3.05, 3.63) is 59.1 Å². The lowest BCUT2D eigenvalue weighted by atomic mass is 9.99. The van der Waals surface area contributed by atoms with Crippen LogP contribution in [-0.2, 0) is 6.42 Å². The molecule has 2 aromatic heterocycles. The first kappa shape index (κ1) is 18.8. The second-order valence-electron chi connectivity index (χ2n) is 7.51. The molecule has 1 aliphatic rings. The Morgan fingerprint density at radius 1 is 1.30 bits per heavy atom. The third-order valence-electron chi connectivity index (χ3n) is 5.48. The first-order valence-corrected chi connectivity index (χ1v) is 11.2. The number of amides is 1. The number of benzene rings is 2. The summed E-state index contributed by atoms with van der Waals surface area (Å²) in [6.07, 6.45) is 5.13. The maximum Gasteiger partial charge on any atom is 0.259 e. The van der Waals surface area contributed by atoms with Gasteiger partial charge < -0.3 is 9.88 Å². The Labute approximate surface area is 179 Å². The summed E-state index contributed by atoms with van der Waals surface area (Å²) < 4.78 is 0. The molecule has 0 bridgehead atoms. The van der Waals surface area contributed by atoms with Crippen LogP contribution in [0.3, 0.4) is 0 Å². The van der Waals surface area contributed by atoms with Gasteiger partial charge in [-0.1, -0.05) is 25.1 Å². The van der Waals surface area contributed by atoms with Crippen LogP contribution in [0.1, 0.15) is 35.7 Å². The van der Waals surface area contributed by atoms with Crippen LogP contribution in [0.4, 0.5) is 10.8 Å². The van der Waals surface area contributed by atoms with Gasteiger partial charge in [-0.2, -0.15) is 0 Å². The van der Waals surface area contributed by atoms with Crippen molar-refractivity contribution in [2.24, 2.45) is 0 Å². The molecule has 0 radical (unpaired) electrons. The molecule has 0 fully saturated rings. The van der Waals surface area contributed by atoms with E-state index < -0.39 is 0 Å². The Morgan fingerprint density at radius 3 is 3.07 bits per heavy atom. The van der Waals surface area contributed by atoms with Crippen molar-refractivity contribution in [1.82, 2.24) is 15.0 Å². The zero-order valence-corrected chi connectivity index (χ0v) is 17.6. The molecule has 152 valence electrons. The summed E-state index contributed by atoms with van der Waals surface area (Å²) >= 11 is 1.39. The first-order valence-electron chi connectivity index (χ1n) is 10.3. The highest BCUT2D eigenvalue weighted by Crippen LogP contribution is 2.32. The smallest absolute Gasteiger partial charge is 0.259 e. The number of H-pyrrole nitrogens is 1. The van der Waals surface area contributed by atoms with Gasteiger partial charge >= 0.3 is 0 Å². The van der Waals surface area contributed by atoms with E-state index in [1.165, 1.54) is 29.0 Å². The molecule has 0 saturated heterocycles. The van der Waals surface area contributed by atoms with Crippen LogP contribution in [0.2, 0.25) is 0 Å². The lowest BCUT2D eigenvalue weighted by Crippen LogP contribution is -2.29. The molecule has 0 atom stereocenters. The topological polar surface area (TPSA) is 73.9 Å². The zero-order valence-electron chi connectivity index (χ0n) is 16.8. The van der Waals surface area contributed by atoms with E-state index in [9.17, 15) is 4.79 Å². The number of imidazole rings is 1. The number of hydrogen-bond donors (Lipinski definition) is 2. The van der Waals surface area contributed by atoms with Gasteiger partial charge in [-0.05, 0) is 43.0 Å². The van der Waals surface area contributed by atoms with Gasteiger partial charge in [0.05, 0.1) is 11.1 Å². The lowest BCUT2D eigenvalue weighted by molar-refractivity contribution is 0.102. The van der Waals surface area contributed by atoms with Gasteiger partial charge in [0.2, 0.25) is 0 Å². The number of rotatable bonds is 5. The van der Waals surface area contributed by atoms with Gasteiger partial charge in [-0.25, -0.2) is 9.97 Å². The van der Waals surface area contributed by atoms with E-state index in [0.29, 0.717) is 16.2 Å². The molecule has 30 heavy (non-hydrogen) atoms. The fourth-order valence-corrected chi connectivity index (χ4v) is 4.63. The van der Waals surface area contributed by atoms with Gasteiger partial charge in [-0.3, -0.25) is 10.1 Å². The second kappa shape index (κ2) is 7.91. The highest BCUT2D eigenvalue weighted by molar-refractivity contribution is 7.13. The van der Waals surface area contributed by atoms with Crippen molar-refractivity contribution in [3.63, 3.8) is 0 Å². The number of fused-ring (bicyclic) bond motifs is 2. The fourth-order valence-electron chi connectivity index (χ4n) is 4.10. The van der Waals surface area contributed by atoms with Gasteiger partial charge in [0.25, 0.3) is 5.91 Å². The zero-order chi connectivity index (χ0) is 20.5. The third-order valence-corrected chi connectivity index (χ3v) is 6.17. The molecule has 0 aliphatic carbocycles. The SMILES string of the molecule is CCCN1CCCc2ccc(-c3nc4c(C(=O)Nc5nccs5)cccc4[nH]3)cc21. The minimum absolute atomic E-state index is 0.201. The van der Waals surface area contributed by atoms with E-state index >= 15 is 0 Å². The quantitative estimate of drug-likeness (QED) is 0.474. The molecule has 4 aromatic rings. The largest absolute Gasteiger partial charge is 0.371 e. The van der Waals surface area contributed by atoms with E-state index in [-0.39, 0.29) is 5.91 Å². The normalized spacial score (nSPS) is 13.4. The maximum atomic E-state index is 12.8. The van der Waals surface area contributed by atoms with E-state index in [1.807, 2.05) is 17.5 Å². The Balaban J connectivity index is 1.51. The van der Waals surface area contributed by atoms with Crippen LogP contribution in [0.5, 0.6) is 0 Å². The summed E-state index contributed by atoms with van der Waals surface area (Å²) in [5, 5.41) is 5.26. The number of thiazole rings is 1. The molecule has 5 rings (SSSR count). The summed E-state index contributed by atoms with van der Waals surface area (Å²) in [5.74, 6) is 0.581. The number of para-hydroxylation sites is 1. The molecular formula is C23H23N5OS. The van der Waals surface area contributed by atoms with Gasteiger partial charge in [0, 0.05) is 35.9 Å². The average molecular weight is 418 g/mol. The first-order chi connectivity index (χ1) is 14.7. The monoisotopic (exact) mass is 417 g/mol. The Morgan fingerprint density at radius 2 is 2.23 bits per heavy atom. The van der Waals surface area contributed by atoms with Gasteiger partial charge in [0.1, 0.15) is 11.3 Å². The molecule has 2 aromatic carbocycles. The lowest BCUT2D eigenvalue weighted by Gasteiger charge is -2.31. The van der Waals surface area contributed by atoms with Crippen molar-refractivity contribution < 1.29 is 4.79 Å². The third kappa shape index (κ3) is 3.45. The van der Waals surface area contributed by atoms with E-state index in [2.05, 4.69) is 45.3 Å². The molecule has 7 heteroatoms. The van der Waals surface area contributed by atoms with Crippen molar-refractivity contribution in [2.75, 3.05) is 23.3 Å². The maximum absolute atomic E-state index is 12.8. The number of aromatic amines is 1. The van der Waals surface area contributed by atoms with Crippen LogP contribution in [0, 0.1) is 0 Å². The fraction of sp³-hybridized carbons (Fsp3) is 0.261. The predicted molar refractivity (Wildman–Crippen MR) is 122 cm³/mol. The van der Waals surface area contributed by atoms with Crippen LogP contribution < -0.4 is 10.2 Å². The summed E-state index contributed by atoms with van der Waals surface area (Å²) in [4.78, 5) is 27.6. The van der Waals surface area contributed by atoms with Crippen molar-refractivity contribution in [1.29, 1.82) is 0 Å². The number of anilines is 2. The Kier molecular flexibility index (Phi) is 4.96. The summed E-state index contributed by atoms with van der Waals surface area (Å²) in [7, 11) is 0. The highest BCUT2D eigenvalue weighted by Gasteiger charge is 2.19. The minimum atomic E-state index is -0.201. The average Bonchev–Trinajstić information content (AvgIpc) is 3.43.